The largest absolute Gasteiger partial charge is 0.452 e. The number of para-hydroxylation sites is 1. The predicted molar refractivity (Wildman–Crippen MR) is 78.2 cm³/mol. The molecule has 0 bridgehead atoms. The van der Waals surface area contributed by atoms with Crippen molar-refractivity contribution >= 4 is 40.2 Å². The van der Waals surface area contributed by atoms with Crippen LogP contribution in [0.5, 0.6) is 0 Å². The quantitative estimate of drug-likeness (QED) is 0.511. The van der Waals surface area contributed by atoms with E-state index in [9.17, 15) is 9.59 Å². The average molecular weight is 359 g/mol. The van der Waals surface area contributed by atoms with Gasteiger partial charge in [-0.2, -0.15) is 0 Å². The molecule has 1 aromatic rings. The summed E-state index contributed by atoms with van der Waals surface area (Å²) in [7, 11) is 0. The van der Waals surface area contributed by atoms with Gasteiger partial charge in [0.25, 0.3) is 5.91 Å². The van der Waals surface area contributed by atoms with Crippen molar-refractivity contribution in [1.82, 2.24) is 0 Å². The Morgan fingerprint density at radius 2 is 2.00 bits per heavy atom. The molecule has 0 aliphatic carbocycles. The molecule has 0 unspecified atom stereocenters. The average Bonchev–Trinajstić information content (AvgIpc) is 2.29. The van der Waals surface area contributed by atoms with Gasteiger partial charge in [-0.05, 0) is 48.6 Å². The second-order valence-electron chi connectivity index (χ2n) is 3.86. The molecule has 1 aromatic carbocycles. The van der Waals surface area contributed by atoms with E-state index < -0.39 is 5.97 Å². The van der Waals surface area contributed by atoms with E-state index >= 15 is 0 Å². The number of halogens is 1. The lowest BCUT2D eigenvalue weighted by molar-refractivity contribution is -0.142. The van der Waals surface area contributed by atoms with Crippen LogP contribution in [0.4, 0.5) is 5.69 Å². The number of hydrogen-bond donors (Lipinski definition) is 1. The molecule has 5 heteroatoms. The van der Waals surface area contributed by atoms with Crippen molar-refractivity contribution in [2.75, 3.05) is 11.9 Å². The number of nitrogens with one attached hydrogen (secondary N) is 1. The molecule has 0 radical (unpaired) electrons. The highest BCUT2D eigenvalue weighted by Gasteiger charge is 2.07. The van der Waals surface area contributed by atoms with Crippen LogP contribution in [0.2, 0.25) is 0 Å². The van der Waals surface area contributed by atoms with Gasteiger partial charge in [-0.15, -0.1) is 0 Å². The van der Waals surface area contributed by atoms with Crippen LogP contribution in [0.15, 0.2) is 35.9 Å². The zero-order valence-electron chi connectivity index (χ0n) is 10.2. The molecule has 0 spiro atoms. The summed E-state index contributed by atoms with van der Waals surface area (Å²) in [5.74, 6) is -0.859. The first-order chi connectivity index (χ1) is 8.49. The van der Waals surface area contributed by atoms with Gasteiger partial charge >= 0.3 is 5.97 Å². The number of carbonyl (C=O) groups excluding carboxylic acids is 2. The van der Waals surface area contributed by atoms with Crippen molar-refractivity contribution in [2.45, 2.75) is 13.8 Å². The lowest BCUT2D eigenvalue weighted by Gasteiger charge is -2.07. The maximum atomic E-state index is 11.5. The lowest BCUT2D eigenvalue weighted by atomic mass is 10.3. The third-order valence-electron chi connectivity index (χ3n) is 1.90. The Kier molecular flexibility index (Phi) is 5.84. The summed E-state index contributed by atoms with van der Waals surface area (Å²) in [5, 5.41) is 2.67. The number of anilines is 1. The van der Waals surface area contributed by atoms with Gasteiger partial charge in [0.1, 0.15) is 0 Å². The smallest absolute Gasteiger partial charge is 0.331 e. The fraction of sp³-hybridized carbons (Fsp3) is 0.231. The van der Waals surface area contributed by atoms with Crippen molar-refractivity contribution in [3.8, 4) is 0 Å². The first-order valence-corrected chi connectivity index (χ1v) is 6.43. The normalized spacial score (nSPS) is 9.50. The summed E-state index contributed by atoms with van der Waals surface area (Å²) in [4.78, 5) is 22.7. The zero-order valence-corrected chi connectivity index (χ0v) is 12.4. The number of esters is 1. The molecule has 18 heavy (non-hydrogen) atoms. The van der Waals surface area contributed by atoms with E-state index in [-0.39, 0.29) is 12.5 Å². The molecule has 0 heterocycles. The van der Waals surface area contributed by atoms with Crippen molar-refractivity contribution in [1.29, 1.82) is 0 Å². The fourth-order valence-corrected chi connectivity index (χ4v) is 1.69. The highest BCUT2D eigenvalue weighted by molar-refractivity contribution is 14.1. The van der Waals surface area contributed by atoms with Crippen LogP contribution in [-0.4, -0.2) is 18.5 Å². The highest BCUT2D eigenvalue weighted by atomic mass is 127. The number of ether oxygens (including phenoxy) is 1. The molecule has 0 aliphatic heterocycles. The number of amides is 1. The second kappa shape index (κ2) is 7.15. The molecule has 0 fully saturated rings. The van der Waals surface area contributed by atoms with Gasteiger partial charge < -0.3 is 10.1 Å². The van der Waals surface area contributed by atoms with Gasteiger partial charge in [0, 0.05) is 9.65 Å². The Hall–Kier alpha value is -1.37. The molecular weight excluding hydrogens is 345 g/mol. The fourth-order valence-electron chi connectivity index (χ4n) is 1.16. The molecule has 1 rings (SSSR count). The molecular formula is C13H14INO3. The van der Waals surface area contributed by atoms with E-state index in [1.165, 1.54) is 6.08 Å². The first-order valence-electron chi connectivity index (χ1n) is 5.35. The van der Waals surface area contributed by atoms with Crippen molar-refractivity contribution < 1.29 is 14.3 Å². The van der Waals surface area contributed by atoms with Gasteiger partial charge in [-0.25, -0.2) is 4.79 Å². The minimum Gasteiger partial charge on any atom is -0.452 e. The predicted octanol–water partition coefficient (Wildman–Crippen LogP) is 2.74. The van der Waals surface area contributed by atoms with Gasteiger partial charge in [0.2, 0.25) is 0 Å². The van der Waals surface area contributed by atoms with Gasteiger partial charge in [-0.3, -0.25) is 4.79 Å². The number of carbonyl (C=O) groups is 2. The summed E-state index contributed by atoms with van der Waals surface area (Å²) in [5.41, 5.74) is 1.54. The monoisotopic (exact) mass is 359 g/mol. The Bertz CT molecular complexity index is 479. The summed E-state index contributed by atoms with van der Waals surface area (Å²) in [6.07, 6.45) is 1.35. The van der Waals surface area contributed by atoms with Gasteiger partial charge in [0.15, 0.2) is 6.61 Å². The summed E-state index contributed by atoms with van der Waals surface area (Å²) < 4.78 is 5.73. The minimum atomic E-state index is -0.507. The molecule has 0 atom stereocenters. The zero-order chi connectivity index (χ0) is 13.5. The Morgan fingerprint density at radius 1 is 1.33 bits per heavy atom. The van der Waals surface area contributed by atoms with Crippen molar-refractivity contribution in [2.24, 2.45) is 0 Å². The Morgan fingerprint density at radius 3 is 2.61 bits per heavy atom. The van der Waals surface area contributed by atoms with E-state index in [4.69, 9.17) is 4.74 Å². The van der Waals surface area contributed by atoms with E-state index in [1.807, 2.05) is 18.2 Å². The molecule has 0 saturated carbocycles. The molecule has 0 saturated heterocycles. The van der Waals surface area contributed by atoms with Crippen molar-refractivity contribution in [3.05, 3.63) is 39.5 Å². The molecule has 4 nitrogen and oxygen atoms in total. The SMILES string of the molecule is CC(C)=CC(=O)OCC(=O)Nc1ccccc1I. The second-order valence-corrected chi connectivity index (χ2v) is 5.02. The summed E-state index contributed by atoms with van der Waals surface area (Å²) in [6.45, 7) is 3.29. The molecule has 1 N–H and O–H groups in total. The molecule has 96 valence electrons. The van der Waals surface area contributed by atoms with E-state index in [0.717, 1.165) is 9.14 Å². The number of hydrogen-bond acceptors (Lipinski definition) is 3. The molecule has 0 aromatic heterocycles. The van der Waals surface area contributed by atoms with Gasteiger partial charge in [-0.1, -0.05) is 17.7 Å². The van der Waals surface area contributed by atoms with Crippen LogP contribution in [0.25, 0.3) is 0 Å². The summed E-state index contributed by atoms with van der Waals surface area (Å²) in [6, 6.07) is 7.38. The Labute approximate surface area is 120 Å². The third-order valence-corrected chi connectivity index (χ3v) is 2.84. The van der Waals surface area contributed by atoms with E-state index in [0.29, 0.717) is 5.69 Å². The highest BCUT2D eigenvalue weighted by Crippen LogP contribution is 2.16. The third kappa shape index (κ3) is 5.31. The Balaban J connectivity index is 2.46. The van der Waals surface area contributed by atoms with Crippen LogP contribution in [-0.2, 0) is 14.3 Å². The van der Waals surface area contributed by atoms with E-state index in [1.54, 1.807) is 19.9 Å². The number of allylic oxidation sites excluding steroid dienone is 1. The van der Waals surface area contributed by atoms with Crippen LogP contribution in [0.3, 0.4) is 0 Å². The van der Waals surface area contributed by atoms with Crippen LogP contribution < -0.4 is 5.32 Å². The van der Waals surface area contributed by atoms with Crippen LogP contribution in [0, 0.1) is 3.57 Å². The first kappa shape index (κ1) is 14.7. The maximum Gasteiger partial charge on any atom is 0.331 e. The molecule has 1 amide bonds. The molecule has 0 aliphatic rings. The van der Waals surface area contributed by atoms with E-state index in [2.05, 4.69) is 27.9 Å². The summed E-state index contributed by atoms with van der Waals surface area (Å²) >= 11 is 2.12. The number of rotatable bonds is 4. The van der Waals surface area contributed by atoms with Crippen LogP contribution in [0.1, 0.15) is 13.8 Å². The standard InChI is InChI=1S/C13H14INO3/c1-9(2)7-13(17)18-8-12(16)15-11-6-4-3-5-10(11)14/h3-7H,8H2,1-2H3,(H,15,16). The van der Waals surface area contributed by atoms with Crippen molar-refractivity contribution in [3.63, 3.8) is 0 Å². The number of benzene rings is 1. The minimum absolute atomic E-state index is 0.284. The lowest BCUT2D eigenvalue weighted by Crippen LogP contribution is -2.20. The topological polar surface area (TPSA) is 55.4 Å². The van der Waals surface area contributed by atoms with Crippen LogP contribution >= 0.6 is 22.6 Å². The maximum absolute atomic E-state index is 11.5. The van der Waals surface area contributed by atoms with Gasteiger partial charge in [0.05, 0.1) is 5.69 Å².